The molecule has 6 heteroatoms. The van der Waals surface area contributed by atoms with Crippen LogP contribution in [0.25, 0.3) is 11.0 Å². The molecule has 0 fully saturated rings. The number of fused-ring (bicyclic) bond motifs is 1. The minimum Gasteiger partial charge on any atom is -0.400 e. The summed E-state index contributed by atoms with van der Waals surface area (Å²) in [6.07, 6.45) is 1.63. The smallest absolute Gasteiger partial charge is 0.271 e. The van der Waals surface area contributed by atoms with Crippen LogP contribution in [0.4, 0.5) is 5.69 Å². The summed E-state index contributed by atoms with van der Waals surface area (Å²) < 4.78 is 1.75. The lowest BCUT2D eigenvalue weighted by atomic mass is 10.3. The Balaban J connectivity index is 0.000000531. The number of aryl methyl sites for hydroxylation is 1. The number of nitro groups is 1. The van der Waals surface area contributed by atoms with Gasteiger partial charge in [-0.05, 0) is 6.07 Å². The van der Waals surface area contributed by atoms with Crippen molar-refractivity contribution in [1.82, 2.24) is 9.55 Å². The van der Waals surface area contributed by atoms with Crippen molar-refractivity contribution >= 4 is 16.7 Å². The van der Waals surface area contributed by atoms with Crippen molar-refractivity contribution in [1.29, 1.82) is 0 Å². The molecule has 1 N–H and O–H groups in total. The molecule has 0 aliphatic rings. The van der Waals surface area contributed by atoms with E-state index in [1.54, 1.807) is 24.0 Å². The molecule has 1 heterocycles. The summed E-state index contributed by atoms with van der Waals surface area (Å²) in [6.45, 7) is 0. The van der Waals surface area contributed by atoms with Crippen molar-refractivity contribution in [3.63, 3.8) is 0 Å². The molecule has 0 radical (unpaired) electrons. The second-order valence-corrected chi connectivity index (χ2v) is 2.79. The zero-order chi connectivity index (χ0) is 11.4. The van der Waals surface area contributed by atoms with E-state index in [-0.39, 0.29) is 5.69 Å². The number of rotatable bonds is 1. The zero-order valence-corrected chi connectivity index (χ0v) is 8.41. The van der Waals surface area contributed by atoms with E-state index in [4.69, 9.17) is 5.11 Å². The molecule has 15 heavy (non-hydrogen) atoms. The molecule has 0 saturated carbocycles. The highest BCUT2D eigenvalue weighted by Gasteiger charge is 2.07. The highest BCUT2D eigenvalue weighted by Crippen LogP contribution is 2.18. The maximum atomic E-state index is 10.5. The number of non-ortho nitro benzene ring substituents is 1. The Morgan fingerprint density at radius 3 is 2.73 bits per heavy atom. The van der Waals surface area contributed by atoms with Crippen LogP contribution >= 0.6 is 0 Å². The Morgan fingerprint density at radius 1 is 1.47 bits per heavy atom. The standard InChI is InChI=1S/C8H7N3O2.CH4O/c1-10-5-9-7-3-2-6(11(12)13)4-8(7)10;1-2/h2-5H,1H3;2H,1H3. The van der Waals surface area contributed by atoms with Gasteiger partial charge in [0.1, 0.15) is 0 Å². The van der Waals surface area contributed by atoms with Crippen molar-refractivity contribution in [2.75, 3.05) is 7.11 Å². The number of nitro benzene ring substituents is 1. The number of nitrogens with zero attached hydrogens (tertiary/aromatic N) is 3. The number of hydrogen-bond donors (Lipinski definition) is 1. The van der Waals surface area contributed by atoms with Crippen LogP contribution in [-0.4, -0.2) is 26.7 Å². The average molecular weight is 209 g/mol. The molecule has 2 rings (SSSR count). The molecule has 0 bridgehead atoms. The van der Waals surface area contributed by atoms with Crippen LogP contribution in [0, 0.1) is 10.1 Å². The molecule has 0 aliphatic heterocycles. The van der Waals surface area contributed by atoms with E-state index < -0.39 is 4.92 Å². The van der Waals surface area contributed by atoms with E-state index >= 15 is 0 Å². The first kappa shape index (κ1) is 11.1. The lowest BCUT2D eigenvalue weighted by Crippen LogP contribution is -1.89. The van der Waals surface area contributed by atoms with Crippen molar-refractivity contribution in [3.05, 3.63) is 34.6 Å². The van der Waals surface area contributed by atoms with Gasteiger partial charge in [-0.3, -0.25) is 10.1 Å². The third-order valence-electron chi connectivity index (χ3n) is 1.92. The molecule has 1 aromatic heterocycles. The molecular weight excluding hydrogens is 198 g/mol. The van der Waals surface area contributed by atoms with Gasteiger partial charge in [-0.2, -0.15) is 0 Å². The van der Waals surface area contributed by atoms with Crippen molar-refractivity contribution in [3.8, 4) is 0 Å². The van der Waals surface area contributed by atoms with Gasteiger partial charge in [0, 0.05) is 26.3 Å². The first-order valence-corrected chi connectivity index (χ1v) is 4.18. The van der Waals surface area contributed by atoms with Crippen LogP contribution in [0.3, 0.4) is 0 Å². The van der Waals surface area contributed by atoms with Gasteiger partial charge in [-0.1, -0.05) is 0 Å². The molecule has 80 valence electrons. The van der Waals surface area contributed by atoms with Crippen molar-refractivity contribution in [2.24, 2.45) is 7.05 Å². The molecule has 0 amide bonds. The Morgan fingerprint density at radius 2 is 2.13 bits per heavy atom. The quantitative estimate of drug-likeness (QED) is 0.563. The van der Waals surface area contributed by atoms with Gasteiger partial charge in [-0.15, -0.1) is 0 Å². The number of hydrogen-bond acceptors (Lipinski definition) is 4. The third kappa shape index (κ3) is 2.10. The summed E-state index contributed by atoms with van der Waals surface area (Å²) >= 11 is 0. The first-order chi connectivity index (χ1) is 7.18. The summed E-state index contributed by atoms with van der Waals surface area (Å²) in [5, 5.41) is 17.5. The van der Waals surface area contributed by atoms with Crippen LogP contribution in [0.1, 0.15) is 0 Å². The van der Waals surface area contributed by atoms with E-state index in [9.17, 15) is 10.1 Å². The van der Waals surface area contributed by atoms with Gasteiger partial charge in [0.2, 0.25) is 0 Å². The highest BCUT2D eigenvalue weighted by atomic mass is 16.6. The Bertz CT molecular complexity index is 478. The topological polar surface area (TPSA) is 81.2 Å². The fourth-order valence-corrected chi connectivity index (χ4v) is 1.23. The minimum atomic E-state index is -0.410. The summed E-state index contributed by atoms with van der Waals surface area (Å²) in [7, 11) is 2.80. The molecule has 2 aromatic rings. The summed E-state index contributed by atoms with van der Waals surface area (Å²) in [4.78, 5) is 14.1. The zero-order valence-electron chi connectivity index (χ0n) is 8.41. The summed E-state index contributed by atoms with van der Waals surface area (Å²) in [6, 6.07) is 4.62. The van der Waals surface area contributed by atoms with E-state index in [1.165, 1.54) is 12.1 Å². The molecule has 0 atom stereocenters. The number of benzene rings is 1. The van der Waals surface area contributed by atoms with Crippen LogP contribution in [0.2, 0.25) is 0 Å². The maximum Gasteiger partial charge on any atom is 0.271 e. The van der Waals surface area contributed by atoms with Gasteiger partial charge >= 0.3 is 0 Å². The Labute approximate surface area is 85.9 Å². The molecule has 6 nitrogen and oxygen atoms in total. The normalized spacial score (nSPS) is 9.53. The van der Waals surface area contributed by atoms with Crippen LogP contribution < -0.4 is 0 Å². The predicted molar refractivity (Wildman–Crippen MR) is 55.5 cm³/mol. The minimum absolute atomic E-state index is 0.0936. The van der Waals surface area contributed by atoms with Crippen LogP contribution in [0.15, 0.2) is 24.5 Å². The SMILES string of the molecule is CO.Cn1cnc2ccc([N+](=O)[O-])cc21. The van der Waals surface area contributed by atoms with E-state index in [1.807, 2.05) is 0 Å². The largest absolute Gasteiger partial charge is 0.400 e. The molecule has 0 spiro atoms. The van der Waals surface area contributed by atoms with E-state index in [2.05, 4.69) is 4.98 Å². The lowest BCUT2D eigenvalue weighted by molar-refractivity contribution is -0.384. The second-order valence-electron chi connectivity index (χ2n) is 2.79. The lowest BCUT2D eigenvalue weighted by Gasteiger charge is -1.93. The van der Waals surface area contributed by atoms with Crippen molar-refractivity contribution in [2.45, 2.75) is 0 Å². The van der Waals surface area contributed by atoms with Gasteiger partial charge in [-0.25, -0.2) is 4.98 Å². The molecule has 1 aromatic carbocycles. The molecule has 0 aliphatic carbocycles. The third-order valence-corrected chi connectivity index (χ3v) is 1.92. The van der Waals surface area contributed by atoms with Crippen molar-refractivity contribution < 1.29 is 10.0 Å². The van der Waals surface area contributed by atoms with E-state index in [0.717, 1.165) is 18.1 Å². The number of aliphatic hydroxyl groups is 1. The molecule has 0 unspecified atom stereocenters. The Hall–Kier alpha value is -1.95. The number of aromatic nitrogens is 2. The summed E-state index contributed by atoms with van der Waals surface area (Å²) in [5.74, 6) is 0. The number of aliphatic hydroxyl groups excluding tert-OH is 1. The predicted octanol–water partition coefficient (Wildman–Crippen LogP) is 1.09. The number of imidazole rings is 1. The molecule has 0 saturated heterocycles. The monoisotopic (exact) mass is 209 g/mol. The van der Waals surface area contributed by atoms with Gasteiger partial charge in [0.15, 0.2) is 0 Å². The van der Waals surface area contributed by atoms with Crippen LogP contribution in [-0.2, 0) is 7.05 Å². The maximum absolute atomic E-state index is 10.5. The Kier molecular flexibility index (Phi) is 3.35. The van der Waals surface area contributed by atoms with Gasteiger partial charge in [0.05, 0.1) is 22.3 Å². The fourth-order valence-electron chi connectivity index (χ4n) is 1.23. The van der Waals surface area contributed by atoms with Crippen LogP contribution in [0.5, 0.6) is 0 Å². The van der Waals surface area contributed by atoms with Gasteiger partial charge in [0.25, 0.3) is 5.69 Å². The van der Waals surface area contributed by atoms with E-state index in [0.29, 0.717) is 0 Å². The molecular formula is C9H11N3O3. The average Bonchev–Trinajstić information content (AvgIpc) is 2.63. The summed E-state index contributed by atoms with van der Waals surface area (Å²) in [5.41, 5.74) is 1.64. The highest BCUT2D eigenvalue weighted by molar-refractivity contribution is 5.77. The van der Waals surface area contributed by atoms with Gasteiger partial charge < -0.3 is 9.67 Å². The fraction of sp³-hybridized carbons (Fsp3) is 0.222. The second kappa shape index (κ2) is 4.52. The first-order valence-electron chi connectivity index (χ1n) is 4.18.